The van der Waals surface area contributed by atoms with Crippen molar-refractivity contribution in [3.63, 3.8) is 0 Å². The number of fused-ring (bicyclic) bond motifs is 1. The lowest BCUT2D eigenvalue weighted by Gasteiger charge is -2.21. The summed E-state index contributed by atoms with van der Waals surface area (Å²) >= 11 is 0. The van der Waals surface area contributed by atoms with Gasteiger partial charge in [0.15, 0.2) is 0 Å². The van der Waals surface area contributed by atoms with Crippen molar-refractivity contribution in [1.82, 2.24) is 15.3 Å². The van der Waals surface area contributed by atoms with Crippen LogP contribution in [0.3, 0.4) is 0 Å². The van der Waals surface area contributed by atoms with Crippen molar-refractivity contribution in [2.45, 2.75) is 27.2 Å². The monoisotopic (exact) mass is 374 g/mol. The van der Waals surface area contributed by atoms with Gasteiger partial charge in [0, 0.05) is 30.9 Å². The van der Waals surface area contributed by atoms with Crippen molar-refractivity contribution < 1.29 is 4.79 Å². The van der Waals surface area contributed by atoms with Gasteiger partial charge in [-0.2, -0.15) is 0 Å². The van der Waals surface area contributed by atoms with E-state index in [1.807, 2.05) is 32.0 Å². The van der Waals surface area contributed by atoms with Crippen molar-refractivity contribution in [1.29, 1.82) is 0 Å². The van der Waals surface area contributed by atoms with E-state index in [0.29, 0.717) is 18.0 Å². The molecule has 4 rings (SSSR count). The Hall–Kier alpha value is -2.95. The number of benzene rings is 2. The molecular formula is C23H26N4O. The second-order valence-corrected chi connectivity index (χ2v) is 7.70. The maximum absolute atomic E-state index is 12.6. The van der Waals surface area contributed by atoms with E-state index < -0.39 is 0 Å². The first-order valence-electron chi connectivity index (χ1n) is 9.85. The number of amides is 1. The summed E-state index contributed by atoms with van der Waals surface area (Å²) < 4.78 is 0. The molecule has 0 bridgehead atoms. The zero-order chi connectivity index (χ0) is 19.7. The molecule has 1 saturated heterocycles. The summed E-state index contributed by atoms with van der Waals surface area (Å²) in [6, 6.07) is 14.0. The molecule has 0 saturated carbocycles. The molecule has 2 aromatic carbocycles. The van der Waals surface area contributed by atoms with Gasteiger partial charge < -0.3 is 10.2 Å². The second kappa shape index (κ2) is 7.58. The molecule has 1 aliphatic rings. The number of anilines is 1. The smallest absolute Gasteiger partial charge is 0.251 e. The van der Waals surface area contributed by atoms with E-state index in [0.717, 1.165) is 41.9 Å². The van der Waals surface area contributed by atoms with Crippen molar-refractivity contribution in [2.75, 3.05) is 24.5 Å². The first-order chi connectivity index (χ1) is 13.5. The highest BCUT2D eigenvalue weighted by atomic mass is 16.1. The number of carbonyl (C=O) groups is 1. The number of hydrogen-bond donors (Lipinski definition) is 1. The molecule has 0 spiro atoms. The molecule has 1 fully saturated rings. The summed E-state index contributed by atoms with van der Waals surface area (Å²) in [5.41, 5.74) is 6.65. The number of para-hydroxylation sites is 1. The Balaban J connectivity index is 1.39. The highest BCUT2D eigenvalue weighted by molar-refractivity contribution is 5.97. The first-order valence-corrected chi connectivity index (χ1v) is 9.85. The summed E-state index contributed by atoms with van der Waals surface area (Å²) in [4.78, 5) is 24.1. The van der Waals surface area contributed by atoms with Gasteiger partial charge in [-0.3, -0.25) is 4.79 Å². The van der Waals surface area contributed by atoms with E-state index in [9.17, 15) is 4.79 Å². The third-order valence-corrected chi connectivity index (χ3v) is 5.63. The predicted octanol–water partition coefficient (Wildman–Crippen LogP) is 3.81. The molecule has 1 aromatic heterocycles. The van der Waals surface area contributed by atoms with Gasteiger partial charge in [-0.05, 0) is 62.9 Å². The van der Waals surface area contributed by atoms with E-state index in [4.69, 9.17) is 0 Å². The molecule has 1 atom stereocenters. The summed E-state index contributed by atoms with van der Waals surface area (Å²) in [5, 5.41) is 3.10. The van der Waals surface area contributed by atoms with Gasteiger partial charge in [0.2, 0.25) is 0 Å². The Morgan fingerprint density at radius 1 is 1.07 bits per heavy atom. The Kier molecular flexibility index (Phi) is 4.99. The SMILES string of the molecule is Cc1ccccc1N1CC[C@@H](CNC(=O)c2ccc3nc(C)c(C)nc3c2)C1. The summed E-state index contributed by atoms with van der Waals surface area (Å²) in [5.74, 6) is 0.421. The molecule has 0 radical (unpaired) electrons. The average Bonchev–Trinajstić information content (AvgIpc) is 3.16. The molecule has 1 aliphatic heterocycles. The molecule has 3 aromatic rings. The summed E-state index contributed by atoms with van der Waals surface area (Å²) in [6.45, 7) is 8.75. The van der Waals surface area contributed by atoms with Gasteiger partial charge in [0.1, 0.15) is 0 Å². The second-order valence-electron chi connectivity index (χ2n) is 7.70. The zero-order valence-electron chi connectivity index (χ0n) is 16.7. The maximum Gasteiger partial charge on any atom is 0.251 e. The van der Waals surface area contributed by atoms with Crippen LogP contribution in [0.5, 0.6) is 0 Å². The Bertz CT molecular complexity index is 1030. The Morgan fingerprint density at radius 3 is 2.61 bits per heavy atom. The average molecular weight is 374 g/mol. The van der Waals surface area contributed by atoms with Gasteiger partial charge in [-0.1, -0.05) is 18.2 Å². The molecule has 5 nitrogen and oxygen atoms in total. The topological polar surface area (TPSA) is 58.1 Å². The fourth-order valence-electron chi connectivity index (χ4n) is 3.85. The fraction of sp³-hybridized carbons (Fsp3) is 0.348. The highest BCUT2D eigenvalue weighted by Gasteiger charge is 2.24. The lowest BCUT2D eigenvalue weighted by molar-refractivity contribution is 0.0948. The van der Waals surface area contributed by atoms with Gasteiger partial charge in [-0.25, -0.2) is 9.97 Å². The fourth-order valence-corrected chi connectivity index (χ4v) is 3.85. The number of rotatable bonds is 4. The molecule has 5 heteroatoms. The van der Waals surface area contributed by atoms with Gasteiger partial charge in [0.25, 0.3) is 5.91 Å². The minimum Gasteiger partial charge on any atom is -0.371 e. The van der Waals surface area contributed by atoms with Crippen LogP contribution in [0.4, 0.5) is 5.69 Å². The Labute approximate surface area is 165 Å². The van der Waals surface area contributed by atoms with Gasteiger partial charge in [-0.15, -0.1) is 0 Å². The van der Waals surface area contributed by atoms with E-state index in [1.165, 1.54) is 11.3 Å². The van der Waals surface area contributed by atoms with Crippen LogP contribution in [-0.2, 0) is 0 Å². The standard InChI is InChI=1S/C23H26N4O/c1-15-6-4-5-7-22(15)27-11-10-18(14-27)13-24-23(28)19-8-9-20-21(12-19)26-17(3)16(2)25-20/h4-9,12,18H,10-11,13-14H2,1-3H3,(H,24,28)/t18-/m0/s1. The van der Waals surface area contributed by atoms with Crippen molar-refractivity contribution in [2.24, 2.45) is 5.92 Å². The van der Waals surface area contributed by atoms with Crippen LogP contribution in [0.15, 0.2) is 42.5 Å². The lowest BCUT2D eigenvalue weighted by Crippen LogP contribution is -2.31. The lowest BCUT2D eigenvalue weighted by atomic mass is 10.1. The van der Waals surface area contributed by atoms with Crippen LogP contribution in [-0.4, -0.2) is 35.5 Å². The number of aryl methyl sites for hydroxylation is 3. The third kappa shape index (κ3) is 3.70. The van der Waals surface area contributed by atoms with E-state index >= 15 is 0 Å². The van der Waals surface area contributed by atoms with Gasteiger partial charge in [0.05, 0.1) is 22.4 Å². The van der Waals surface area contributed by atoms with Crippen molar-refractivity contribution in [3.8, 4) is 0 Å². The normalized spacial score (nSPS) is 16.5. The zero-order valence-corrected chi connectivity index (χ0v) is 16.7. The molecule has 2 heterocycles. The molecular weight excluding hydrogens is 348 g/mol. The number of hydrogen-bond acceptors (Lipinski definition) is 4. The maximum atomic E-state index is 12.6. The van der Waals surface area contributed by atoms with E-state index in [2.05, 4.69) is 51.4 Å². The molecule has 144 valence electrons. The van der Waals surface area contributed by atoms with Crippen LogP contribution in [0, 0.1) is 26.7 Å². The number of carbonyl (C=O) groups excluding carboxylic acids is 1. The number of aromatic nitrogens is 2. The summed E-state index contributed by atoms with van der Waals surface area (Å²) in [6.07, 6.45) is 1.09. The van der Waals surface area contributed by atoms with Crippen LogP contribution >= 0.6 is 0 Å². The quantitative estimate of drug-likeness (QED) is 0.754. The number of nitrogens with zero attached hydrogens (tertiary/aromatic N) is 3. The third-order valence-electron chi connectivity index (χ3n) is 5.63. The molecule has 0 aliphatic carbocycles. The van der Waals surface area contributed by atoms with Crippen molar-refractivity contribution >= 4 is 22.6 Å². The van der Waals surface area contributed by atoms with Crippen molar-refractivity contribution in [3.05, 3.63) is 65.0 Å². The minimum atomic E-state index is -0.0451. The Morgan fingerprint density at radius 2 is 1.82 bits per heavy atom. The van der Waals surface area contributed by atoms with E-state index in [1.54, 1.807) is 0 Å². The molecule has 1 N–H and O–H groups in total. The largest absolute Gasteiger partial charge is 0.371 e. The van der Waals surface area contributed by atoms with Crippen LogP contribution in [0.2, 0.25) is 0 Å². The van der Waals surface area contributed by atoms with E-state index in [-0.39, 0.29) is 5.91 Å². The molecule has 1 amide bonds. The molecule has 0 unspecified atom stereocenters. The van der Waals surface area contributed by atoms with Crippen LogP contribution in [0.25, 0.3) is 11.0 Å². The molecule has 28 heavy (non-hydrogen) atoms. The van der Waals surface area contributed by atoms with Crippen LogP contribution < -0.4 is 10.2 Å². The van der Waals surface area contributed by atoms with Crippen LogP contribution in [0.1, 0.15) is 33.7 Å². The highest BCUT2D eigenvalue weighted by Crippen LogP contribution is 2.26. The minimum absolute atomic E-state index is 0.0451. The predicted molar refractivity (Wildman–Crippen MR) is 113 cm³/mol. The summed E-state index contributed by atoms with van der Waals surface area (Å²) in [7, 11) is 0. The first kappa shape index (κ1) is 18.4. The van der Waals surface area contributed by atoms with Gasteiger partial charge >= 0.3 is 0 Å². The number of nitrogens with one attached hydrogen (secondary N) is 1.